The van der Waals surface area contributed by atoms with Crippen molar-refractivity contribution in [3.8, 4) is 11.4 Å². The second-order valence-electron chi connectivity index (χ2n) is 6.47. The van der Waals surface area contributed by atoms with Gasteiger partial charge in [-0.2, -0.15) is 0 Å². The molecule has 2 aromatic carbocycles. The molecule has 138 valence electrons. The van der Waals surface area contributed by atoms with Crippen LogP contribution in [-0.2, 0) is 19.5 Å². The molecular weight excluding hydrogens is 340 g/mol. The van der Waals surface area contributed by atoms with Crippen LogP contribution in [0, 0.1) is 0 Å². The van der Waals surface area contributed by atoms with Gasteiger partial charge in [-0.15, -0.1) is 0 Å². The van der Waals surface area contributed by atoms with Crippen LogP contribution in [0.2, 0.25) is 0 Å². The lowest BCUT2D eigenvalue weighted by Gasteiger charge is -2.21. The largest absolute Gasteiger partial charge is 0.497 e. The van der Waals surface area contributed by atoms with E-state index in [-0.39, 0.29) is 5.56 Å². The van der Waals surface area contributed by atoms with Crippen LogP contribution in [0.15, 0.2) is 59.4 Å². The molecule has 0 saturated heterocycles. The Morgan fingerprint density at radius 1 is 1.15 bits per heavy atom. The number of ether oxygens (including phenoxy) is 1. The van der Waals surface area contributed by atoms with Gasteiger partial charge in [0.15, 0.2) is 0 Å². The van der Waals surface area contributed by atoms with E-state index in [9.17, 15) is 4.79 Å². The van der Waals surface area contributed by atoms with Gasteiger partial charge in [0.1, 0.15) is 5.75 Å². The van der Waals surface area contributed by atoms with Crippen LogP contribution in [0.25, 0.3) is 5.69 Å². The molecule has 0 saturated carbocycles. The Balaban J connectivity index is 1.71. The molecule has 6 heteroatoms. The van der Waals surface area contributed by atoms with E-state index in [1.807, 2.05) is 54.6 Å². The highest BCUT2D eigenvalue weighted by Gasteiger charge is 2.19. The normalized spacial score (nSPS) is 13.1. The van der Waals surface area contributed by atoms with Gasteiger partial charge >= 0.3 is 0 Å². The van der Waals surface area contributed by atoms with Gasteiger partial charge in [0.05, 0.1) is 24.1 Å². The van der Waals surface area contributed by atoms with Gasteiger partial charge in [-0.1, -0.05) is 30.3 Å². The maximum Gasteiger partial charge on any atom is 0.264 e. The van der Waals surface area contributed by atoms with E-state index < -0.39 is 0 Å². The fraction of sp³-hybridized carbons (Fsp3) is 0.238. The van der Waals surface area contributed by atoms with Crippen LogP contribution in [0.5, 0.6) is 5.75 Å². The molecular formula is C21H22N4O2. The van der Waals surface area contributed by atoms with Crippen molar-refractivity contribution in [2.75, 3.05) is 19.0 Å². The molecule has 0 aliphatic carbocycles. The number of anilines is 1. The number of fused-ring (bicyclic) bond motifs is 1. The van der Waals surface area contributed by atoms with Crippen LogP contribution < -0.4 is 20.9 Å². The average Bonchev–Trinajstić information content (AvgIpc) is 2.73. The van der Waals surface area contributed by atoms with Crippen molar-refractivity contribution in [1.82, 2.24) is 14.9 Å². The first kappa shape index (κ1) is 17.3. The van der Waals surface area contributed by atoms with Crippen molar-refractivity contribution >= 4 is 5.95 Å². The Hall–Kier alpha value is -3.12. The smallest absolute Gasteiger partial charge is 0.264 e. The number of methoxy groups -OCH3 is 1. The predicted octanol–water partition coefficient (Wildman–Crippen LogP) is 2.50. The van der Waals surface area contributed by atoms with Gasteiger partial charge in [-0.05, 0) is 29.8 Å². The summed E-state index contributed by atoms with van der Waals surface area (Å²) in [7, 11) is 1.65. The van der Waals surface area contributed by atoms with E-state index in [1.165, 1.54) is 0 Å². The molecule has 0 bridgehead atoms. The number of hydrogen-bond donors (Lipinski definition) is 2. The van der Waals surface area contributed by atoms with E-state index in [1.54, 1.807) is 11.7 Å². The summed E-state index contributed by atoms with van der Waals surface area (Å²) in [6, 6.07) is 17.5. The maximum absolute atomic E-state index is 13.2. The molecule has 0 unspecified atom stereocenters. The van der Waals surface area contributed by atoms with E-state index >= 15 is 0 Å². The number of benzene rings is 2. The minimum Gasteiger partial charge on any atom is -0.497 e. The Kier molecular flexibility index (Phi) is 4.89. The molecule has 1 aliphatic heterocycles. The summed E-state index contributed by atoms with van der Waals surface area (Å²) in [6.07, 6.45) is 0.761. The van der Waals surface area contributed by atoms with E-state index in [0.29, 0.717) is 19.0 Å². The fourth-order valence-electron chi connectivity index (χ4n) is 3.26. The van der Waals surface area contributed by atoms with Crippen molar-refractivity contribution in [3.63, 3.8) is 0 Å². The zero-order chi connectivity index (χ0) is 18.6. The molecule has 0 fully saturated rings. The van der Waals surface area contributed by atoms with Crippen molar-refractivity contribution in [1.29, 1.82) is 0 Å². The third-order valence-corrected chi connectivity index (χ3v) is 4.73. The highest BCUT2D eigenvalue weighted by Crippen LogP contribution is 2.18. The Bertz CT molecular complexity index is 982. The Morgan fingerprint density at radius 3 is 2.67 bits per heavy atom. The lowest BCUT2D eigenvalue weighted by Crippen LogP contribution is -2.35. The number of hydrogen-bond acceptors (Lipinski definition) is 5. The van der Waals surface area contributed by atoms with Crippen LogP contribution >= 0.6 is 0 Å². The summed E-state index contributed by atoms with van der Waals surface area (Å²) >= 11 is 0. The molecule has 27 heavy (non-hydrogen) atoms. The Labute approximate surface area is 157 Å². The topological polar surface area (TPSA) is 68.2 Å². The SMILES string of the molecule is COc1ccc(CNc2nc3c(c(=O)n2-c2ccccc2)CNCC3)cc1. The summed E-state index contributed by atoms with van der Waals surface area (Å²) in [5.41, 5.74) is 3.50. The monoisotopic (exact) mass is 362 g/mol. The maximum atomic E-state index is 13.2. The molecule has 0 radical (unpaired) electrons. The molecule has 0 spiro atoms. The summed E-state index contributed by atoms with van der Waals surface area (Å²) in [5.74, 6) is 1.39. The number of nitrogens with zero attached hydrogens (tertiary/aromatic N) is 2. The van der Waals surface area contributed by atoms with E-state index in [4.69, 9.17) is 9.72 Å². The second kappa shape index (κ2) is 7.63. The van der Waals surface area contributed by atoms with Gasteiger partial charge in [-0.3, -0.25) is 4.79 Å². The molecule has 2 N–H and O–H groups in total. The molecule has 0 atom stereocenters. The summed E-state index contributed by atoms with van der Waals surface area (Å²) in [4.78, 5) is 17.9. The second-order valence-corrected chi connectivity index (χ2v) is 6.47. The molecule has 3 aromatic rings. The molecule has 0 amide bonds. The highest BCUT2D eigenvalue weighted by atomic mass is 16.5. The lowest BCUT2D eigenvalue weighted by atomic mass is 10.1. The number of para-hydroxylation sites is 1. The van der Waals surface area contributed by atoms with Crippen molar-refractivity contribution in [2.45, 2.75) is 19.5 Å². The highest BCUT2D eigenvalue weighted by molar-refractivity contribution is 5.44. The zero-order valence-corrected chi connectivity index (χ0v) is 15.2. The van der Waals surface area contributed by atoms with Crippen molar-refractivity contribution < 1.29 is 4.74 Å². The van der Waals surface area contributed by atoms with Gasteiger partial charge in [0.2, 0.25) is 5.95 Å². The lowest BCUT2D eigenvalue weighted by molar-refractivity contribution is 0.414. The fourth-order valence-corrected chi connectivity index (χ4v) is 3.26. The van der Waals surface area contributed by atoms with E-state index in [0.717, 1.165) is 41.2 Å². The van der Waals surface area contributed by atoms with Gasteiger partial charge in [-0.25, -0.2) is 9.55 Å². The quantitative estimate of drug-likeness (QED) is 0.730. The minimum absolute atomic E-state index is 0.0179. The average molecular weight is 362 g/mol. The van der Waals surface area contributed by atoms with Crippen molar-refractivity contribution in [2.24, 2.45) is 0 Å². The molecule has 2 heterocycles. The van der Waals surface area contributed by atoms with E-state index in [2.05, 4.69) is 10.6 Å². The molecule has 1 aliphatic rings. The number of rotatable bonds is 5. The summed E-state index contributed by atoms with van der Waals surface area (Å²) in [5, 5.41) is 6.61. The predicted molar refractivity (Wildman–Crippen MR) is 106 cm³/mol. The number of nitrogens with one attached hydrogen (secondary N) is 2. The minimum atomic E-state index is -0.0179. The van der Waals surface area contributed by atoms with Gasteiger partial charge in [0, 0.05) is 26.1 Å². The third-order valence-electron chi connectivity index (χ3n) is 4.73. The summed E-state index contributed by atoms with van der Waals surface area (Å²) < 4.78 is 6.86. The molecule has 6 nitrogen and oxygen atoms in total. The summed E-state index contributed by atoms with van der Waals surface area (Å²) in [6.45, 7) is 1.97. The van der Waals surface area contributed by atoms with Gasteiger partial charge in [0.25, 0.3) is 5.56 Å². The molecule has 4 rings (SSSR count). The van der Waals surface area contributed by atoms with Crippen LogP contribution in [-0.4, -0.2) is 23.2 Å². The number of aromatic nitrogens is 2. The first-order chi connectivity index (χ1) is 13.3. The van der Waals surface area contributed by atoms with Gasteiger partial charge < -0.3 is 15.4 Å². The van der Waals surface area contributed by atoms with Crippen molar-refractivity contribution in [3.05, 3.63) is 81.8 Å². The standard InChI is InChI=1S/C21H22N4O2/c1-27-17-9-7-15(8-10-17)13-23-21-24-19-11-12-22-14-18(19)20(26)25(21)16-5-3-2-4-6-16/h2-10,22H,11-14H2,1H3,(H,23,24). The Morgan fingerprint density at radius 2 is 1.93 bits per heavy atom. The van der Waals surface area contributed by atoms with Crippen LogP contribution in [0.3, 0.4) is 0 Å². The first-order valence-corrected chi connectivity index (χ1v) is 9.04. The van der Waals surface area contributed by atoms with Crippen LogP contribution in [0.1, 0.15) is 16.8 Å². The van der Waals surface area contributed by atoms with Crippen LogP contribution in [0.4, 0.5) is 5.95 Å². The first-order valence-electron chi connectivity index (χ1n) is 9.04. The molecule has 1 aromatic heterocycles. The third kappa shape index (κ3) is 3.57. The zero-order valence-electron chi connectivity index (χ0n) is 15.2.